The largest absolute Gasteiger partial charge is 0.465 e. The van der Waals surface area contributed by atoms with Gasteiger partial charge in [0.15, 0.2) is 5.11 Å². The number of aryl methyl sites for hydroxylation is 1. The molecule has 1 unspecified atom stereocenters. The van der Waals surface area contributed by atoms with Crippen molar-refractivity contribution in [2.45, 2.75) is 33.2 Å². The number of hydrogen-bond donors (Lipinski definition) is 2. The van der Waals surface area contributed by atoms with Gasteiger partial charge in [-0.3, -0.25) is 0 Å². The molecule has 2 N–H and O–H groups in total. The average molecular weight is 371 g/mol. The van der Waals surface area contributed by atoms with Gasteiger partial charge in [-0.15, -0.1) is 0 Å². The van der Waals surface area contributed by atoms with E-state index in [1.165, 1.54) is 12.7 Å². The zero-order valence-corrected chi connectivity index (χ0v) is 16.5. The minimum atomic E-state index is -0.367. The predicted octanol–water partition coefficient (Wildman–Crippen LogP) is 4.86. The molecule has 0 fully saturated rings. The van der Waals surface area contributed by atoms with Crippen molar-refractivity contribution in [2.75, 3.05) is 12.4 Å². The summed E-state index contributed by atoms with van der Waals surface area (Å²) in [5.74, 6) is 0.161. The number of rotatable bonds is 6. The van der Waals surface area contributed by atoms with Crippen LogP contribution in [0.3, 0.4) is 0 Å². The van der Waals surface area contributed by atoms with E-state index in [-0.39, 0.29) is 12.0 Å². The highest BCUT2D eigenvalue weighted by Gasteiger charge is 2.15. The first-order chi connectivity index (χ1) is 12.4. The maximum absolute atomic E-state index is 11.7. The highest BCUT2D eigenvalue weighted by molar-refractivity contribution is 7.80. The molecule has 0 heterocycles. The van der Waals surface area contributed by atoms with E-state index in [2.05, 4.69) is 36.6 Å². The number of hydrogen-bond acceptors (Lipinski definition) is 3. The smallest absolute Gasteiger partial charge is 0.337 e. The van der Waals surface area contributed by atoms with Crippen LogP contribution in [0.25, 0.3) is 0 Å². The molecule has 0 aromatic heterocycles. The highest BCUT2D eigenvalue weighted by atomic mass is 32.1. The lowest BCUT2D eigenvalue weighted by atomic mass is 9.97. The summed E-state index contributed by atoms with van der Waals surface area (Å²) in [6, 6.07) is 15.8. The van der Waals surface area contributed by atoms with Crippen LogP contribution in [0.15, 0.2) is 48.5 Å². The number of anilines is 1. The van der Waals surface area contributed by atoms with Gasteiger partial charge in [0, 0.05) is 5.69 Å². The standard InChI is InChI=1S/C21H26N2O2S/c1-14(2)12-19(16-8-6-5-7-9-16)23-21(26)22-18-13-17(20(24)25-4)11-10-15(18)3/h5-11,13-14,19H,12H2,1-4H3,(H2,22,23,26). The number of carbonyl (C=O) groups is 1. The SMILES string of the molecule is COC(=O)c1ccc(C)c(NC(=S)NC(CC(C)C)c2ccccc2)c1. The molecule has 0 amide bonds. The van der Waals surface area contributed by atoms with E-state index < -0.39 is 0 Å². The summed E-state index contributed by atoms with van der Waals surface area (Å²) in [5.41, 5.74) is 3.49. The van der Waals surface area contributed by atoms with Gasteiger partial charge in [-0.05, 0) is 54.7 Å². The molecule has 1 atom stereocenters. The van der Waals surface area contributed by atoms with E-state index in [9.17, 15) is 4.79 Å². The summed E-state index contributed by atoms with van der Waals surface area (Å²) in [6.07, 6.45) is 0.965. The summed E-state index contributed by atoms with van der Waals surface area (Å²) in [5, 5.41) is 7.15. The predicted molar refractivity (Wildman–Crippen MR) is 111 cm³/mol. The molecule has 0 radical (unpaired) electrons. The van der Waals surface area contributed by atoms with E-state index >= 15 is 0 Å². The fourth-order valence-electron chi connectivity index (χ4n) is 2.75. The molecule has 0 saturated heterocycles. The molecule has 0 bridgehead atoms. The Bertz CT molecular complexity index is 760. The molecule has 0 aliphatic rings. The van der Waals surface area contributed by atoms with Gasteiger partial charge in [-0.25, -0.2) is 4.79 Å². The second-order valence-corrected chi connectivity index (χ2v) is 7.12. The highest BCUT2D eigenvalue weighted by Crippen LogP contribution is 2.22. The zero-order valence-electron chi connectivity index (χ0n) is 15.7. The third-order valence-electron chi connectivity index (χ3n) is 4.12. The first kappa shape index (κ1) is 19.9. The van der Waals surface area contributed by atoms with E-state index in [1.54, 1.807) is 12.1 Å². The molecule has 4 nitrogen and oxygen atoms in total. The summed E-state index contributed by atoms with van der Waals surface area (Å²) in [4.78, 5) is 11.7. The molecule has 5 heteroatoms. The molecule has 0 aliphatic carbocycles. The van der Waals surface area contributed by atoms with Crippen molar-refractivity contribution in [3.63, 3.8) is 0 Å². The quantitative estimate of drug-likeness (QED) is 0.562. The lowest BCUT2D eigenvalue weighted by molar-refractivity contribution is 0.0601. The van der Waals surface area contributed by atoms with Crippen LogP contribution in [-0.2, 0) is 4.74 Å². The van der Waals surface area contributed by atoms with Crippen LogP contribution in [0.1, 0.15) is 47.8 Å². The minimum absolute atomic E-state index is 0.125. The zero-order chi connectivity index (χ0) is 19.1. The van der Waals surface area contributed by atoms with Crippen molar-refractivity contribution >= 4 is 29.0 Å². The van der Waals surface area contributed by atoms with Gasteiger partial charge in [0.05, 0.1) is 18.7 Å². The molecular weight excluding hydrogens is 344 g/mol. The number of nitrogens with one attached hydrogen (secondary N) is 2. The first-order valence-electron chi connectivity index (χ1n) is 8.72. The number of carbonyl (C=O) groups excluding carboxylic acids is 1. The van der Waals surface area contributed by atoms with Crippen LogP contribution >= 0.6 is 12.2 Å². The molecule has 2 aromatic rings. The van der Waals surface area contributed by atoms with Crippen molar-refractivity contribution in [3.05, 3.63) is 65.2 Å². The van der Waals surface area contributed by atoms with Crippen LogP contribution in [0.2, 0.25) is 0 Å². The molecule has 2 rings (SSSR count). The van der Waals surface area contributed by atoms with E-state index in [1.807, 2.05) is 31.2 Å². The Morgan fingerprint density at radius 1 is 1.15 bits per heavy atom. The second kappa shape index (κ2) is 9.34. The lowest BCUT2D eigenvalue weighted by Gasteiger charge is -2.23. The topological polar surface area (TPSA) is 50.4 Å². The summed E-state index contributed by atoms with van der Waals surface area (Å²) >= 11 is 5.52. The molecule has 0 saturated carbocycles. The summed E-state index contributed by atoms with van der Waals surface area (Å²) in [7, 11) is 1.37. The van der Waals surface area contributed by atoms with Crippen LogP contribution in [-0.4, -0.2) is 18.2 Å². The maximum atomic E-state index is 11.7. The van der Waals surface area contributed by atoms with Gasteiger partial charge in [0.1, 0.15) is 0 Å². The normalized spacial score (nSPS) is 11.7. The van der Waals surface area contributed by atoms with Crippen LogP contribution in [0, 0.1) is 12.8 Å². The second-order valence-electron chi connectivity index (χ2n) is 6.71. The van der Waals surface area contributed by atoms with Crippen LogP contribution in [0.5, 0.6) is 0 Å². The minimum Gasteiger partial charge on any atom is -0.465 e. The van der Waals surface area contributed by atoms with Gasteiger partial charge in [-0.2, -0.15) is 0 Å². The lowest BCUT2D eigenvalue weighted by Crippen LogP contribution is -2.33. The van der Waals surface area contributed by atoms with E-state index in [4.69, 9.17) is 17.0 Å². The molecule has 0 spiro atoms. The number of esters is 1. The fraction of sp³-hybridized carbons (Fsp3) is 0.333. The van der Waals surface area contributed by atoms with Crippen LogP contribution in [0.4, 0.5) is 5.69 Å². The maximum Gasteiger partial charge on any atom is 0.337 e. The molecule has 26 heavy (non-hydrogen) atoms. The Morgan fingerprint density at radius 3 is 2.46 bits per heavy atom. The van der Waals surface area contributed by atoms with Gasteiger partial charge < -0.3 is 15.4 Å². The molecule has 138 valence electrons. The van der Waals surface area contributed by atoms with Gasteiger partial charge in [0.2, 0.25) is 0 Å². The Hall–Kier alpha value is -2.40. The Morgan fingerprint density at radius 2 is 1.85 bits per heavy atom. The Kier molecular flexibility index (Phi) is 7.16. The van der Waals surface area contributed by atoms with Crippen LogP contribution < -0.4 is 10.6 Å². The van der Waals surface area contributed by atoms with Gasteiger partial charge in [-0.1, -0.05) is 50.2 Å². The third-order valence-corrected chi connectivity index (χ3v) is 4.34. The van der Waals surface area contributed by atoms with Crippen molar-refractivity contribution in [3.8, 4) is 0 Å². The molecular formula is C21H26N2O2S. The average Bonchev–Trinajstić information content (AvgIpc) is 2.62. The van der Waals surface area contributed by atoms with Gasteiger partial charge >= 0.3 is 5.97 Å². The molecule has 2 aromatic carbocycles. The number of ether oxygens (including phenoxy) is 1. The Balaban J connectivity index is 2.14. The van der Waals surface area contributed by atoms with E-state index in [0.717, 1.165) is 17.7 Å². The molecule has 0 aliphatic heterocycles. The summed E-state index contributed by atoms with van der Waals surface area (Å²) < 4.78 is 4.79. The Labute approximate surface area is 161 Å². The van der Waals surface area contributed by atoms with E-state index in [0.29, 0.717) is 16.6 Å². The third kappa shape index (κ3) is 5.56. The van der Waals surface area contributed by atoms with Crippen molar-refractivity contribution < 1.29 is 9.53 Å². The fourth-order valence-corrected chi connectivity index (χ4v) is 3.01. The first-order valence-corrected chi connectivity index (χ1v) is 9.13. The van der Waals surface area contributed by atoms with Crippen molar-refractivity contribution in [1.29, 1.82) is 0 Å². The summed E-state index contributed by atoms with van der Waals surface area (Å²) in [6.45, 7) is 6.35. The monoisotopic (exact) mass is 370 g/mol. The van der Waals surface area contributed by atoms with Crippen molar-refractivity contribution in [1.82, 2.24) is 5.32 Å². The van der Waals surface area contributed by atoms with Crippen molar-refractivity contribution in [2.24, 2.45) is 5.92 Å². The number of methoxy groups -OCH3 is 1. The number of thiocarbonyl (C=S) groups is 1. The van der Waals surface area contributed by atoms with Gasteiger partial charge in [0.25, 0.3) is 0 Å². The number of benzene rings is 2.